The predicted octanol–water partition coefficient (Wildman–Crippen LogP) is 4.91. The molecule has 0 unspecified atom stereocenters. The topological polar surface area (TPSA) is 44.9 Å². The van der Waals surface area contributed by atoms with Crippen LogP contribution in [-0.4, -0.2) is 17.4 Å². The maximum Gasteiger partial charge on any atom is 0.251 e. The van der Waals surface area contributed by atoms with Crippen LogP contribution in [0.2, 0.25) is 0 Å². The summed E-state index contributed by atoms with van der Waals surface area (Å²) in [4.78, 5) is 15.2. The minimum absolute atomic E-state index is 0.0132. The van der Waals surface area contributed by atoms with Gasteiger partial charge in [0, 0.05) is 29.2 Å². The minimum atomic E-state index is 0.0132. The van der Waals surface area contributed by atoms with Gasteiger partial charge in [0.15, 0.2) is 0 Å². The number of H-pyrrole nitrogens is 1. The van der Waals surface area contributed by atoms with Gasteiger partial charge in [-0.3, -0.25) is 4.79 Å². The van der Waals surface area contributed by atoms with E-state index in [0.29, 0.717) is 12.5 Å². The summed E-state index contributed by atoms with van der Waals surface area (Å²) < 4.78 is 0. The summed E-state index contributed by atoms with van der Waals surface area (Å²) in [6.45, 7) is 14.8. The molecule has 0 spiro atoms. The van der Waals surface area contributed by atoms with Gasteiger partial charge >= 0.3 is 0 Å². The molecule has 0 aliphatic rings. The molecule has 0 radical (unpaired) electrons. The van der Waals surface area contributed by atoms with Gasteiger partial charge in [-0.05, 0) is 36.6 Å². The molecular weight excluding hydrogens is 260 g/mol. The number of hydrogen-bond acceptors (Lipinski definition) is 1. The van der Waals surface area contributed by atoms with E-state index in [2.05, 4.69) is 24.1 Å². The first-order chi connectivity index (χ1) is 10.1. The Morgan fingerprint density at radius 3 is 2.38 bits per heavy atom. The Balaban J connectivity index is 0.000000921. The molecule has 0 saturated heterocycles. The fraction of sp³-hybridized carbons (Fsp3) is 0.500. The van der Waals surface area contributed by atoms with E-state index in [4.69, 9.17) is 0 Å². The number of aromatic nitrogens is 1. The van der Waals surface area contributed by atoms with Crippen LogP contribution in [0.5, 0.6) is 0 Å². The zero-order chi connectivity index (χ0) is 16.4. The minimum Gasteiger partial charge on any atom is -0.361 e. The molecule has 1 aromatic heterocycles. The number of carbonyl (C=O) groups excluding carboxylic acids is 1. The van der Waals surface area contributed by atoms with Crippen molar-refractivity contribution in [3.8, 4) is 0 Å². The van der Waals surface area contributed by atoms with E-state index in [9.17, 15) is 4.79 Å². The van der Waals surface area contributed by atoms with E-state index in [-0.39, 0.29) is 5.91 Å². The SMILES string of the molecule is CC.CC.Cc1cc2[nH]ccc2cc1C(=O)NCC(C)C. The highest BCUT2D eigenvalue weighted by Crippen LogP contribution is 2.18. The summed E-state index contributed by atoms with van der Waals surface area (Å²) in [5.41, 5.74) is 2.84. The van der Waals surface area contributed by atoms with Gasteiger partial charge in [0.1, 0.15) is 0 Å². The van der Waals surface area contributed by atoms with E-state index in [1.54, 1.807) is 0 Å². The van der Waals surface area contributed by atoms with Gasteiger partial charge in [-0.15, -0.1) is 0 Å². The Morgan fingerprint density at radius 1 is 1.19 bits per heavy atom. The van der Waals surface area contributed by atoms with Crippen LogP contribution >= 0.6 is 0 Å². The van der Waals surface area contributed by atoms with Crippen molar-refractivity contribution >= 4 is 16.8 Å². The number of fused-ring (bicyclic) bond motifs is 1. The van der Waals surface area contributed by atoms with Crippen LogP contribution in [0, 0.1) is 12.8 Å². The molecule has 3 nitrogen and oxygen atoms in total. The lowest BCUT2D eigenvalue weighted by Gasteiger charge is -2.09. The highest BCUT2D eigenvalue weighted by Gasteiger charge is 2.10. The molecule has 0 bridgehead atoms. The Kier molecular flexibility index (Phi) is 9.18. The van der Waals surface area contributed by atoms with Crippen LogP contribution < -0.4 is 5.32 Å². The first-order valence-corrected chi connectivity index (χ1v) is 7.94. The van der Waals surface area contributed by atoms with Crippen molar-refractivity contribution in [1.82, 2.24) is 10.3 Å². The molecule has 118 valence electrons. The Morgan fingerprint density at radius 2 is 1.81 bits per heavy atom. The van der Waals surface area contributed by atoms with Crippen LogP contribution in [0.4, 0.5) is 0 Å². The van der Waals surface area contributed by atoms with Gasteiger partial charge in [-0.1, -0.05) is 41.5 Å². The number of aryl methyl sites for hydroxylation is 1. The molecule has 1 aromatic carbocycles. The lowest BCUT2D eigenvalue weighted by atomic mass is 10.1. The van der Waals surface area contributed by atoms with Crippen molar-refractivity contribution in [2.24, 2.45) is 5.92 Å². The van der Waals surface area contributed by atoms with Crippen molar-refractivity contribution in [2.45, 2.75) is 48.5 Å². The number of nitrogens with one attached hydrogen (secondary N) is 2. The third-order valence-electron chi connectivity index (χ3n) is 2.81. The average Bonchev–Trinajstić information content (AvgIpc) is 2.95. The van der Waals surface area contributed by atoms with Crippen LogP contribution in [0.25, 0.3) is 10.9 Å². The van der Waals surface area contributed by atoms with E-state index < -0.39 is 0 Å². The normalized spacial score (nSPS) is 9.52. The lowest BCUT2D eigenvalue weighted by molar-refractivity contribution is 0.0948. The zero-order valence-corrected chi connectivity index (χ0v) is 14.5. The summed E-state index contributed by atoms with van der Waals surface area (Å²) in [5.74, 6) is 0.481. The average molecular weight is 290 g/mol. The number of benzene rings is 1. The number of hydrogen-bond donors (Lipinski definition) is 2. The van der Waals surface area contributed by atoms with Crippen molar-refractivity contribution in [3.63, 3.8) is 0 Å². The Labute approximate surface area is 129 Å². The van der Waals surface area contributed by atoms with E-state index >= 15 is 0 Å². The summed E-state index contributed by atoms with van der Waals surface area (Å²) >= 11 is 0. The largest absolute Gasteiger partial charge is 0.361 e. The fourth-order valence-electron chi connectivity index (χ4n) is 1.85. The molecular formula is C18H30N2O. The monoisotopic (exact) mass is 290 g/mol. The van der Waals surface area contributed by atoms with Crippen LogP contribution in [0.3, 0.4) is 0 Å². The first kappa shape index (κ1) is 19.2. The van der Waals surface area contributed by atoms with Crippen molar-refractivity contribution in [1.29, 1.82) is 0 Å². The predicted molar refractivity (Wildman–Crippen MR) is 92.9 cm³/mol. The third kappa shape index (κ3) is 5.62. The van der Waals surface area contributed by atoms with Gasteiger partial charge in [-0.25, -0.2) is 0 Å². The molecule has 2 N–H and O–H groups in total. The fourth-order valence-corrected chi connectivity index (χ4v) is 1.85. The zero-order valence-electron chi connectivity index (χ0n) is 14.5. The second-order valence-corrected chi connectivity index (χ2v) is 4.84. The molecule has 21 heavy (non-hydrogen) atoms. The standard InChI is InChI=1S/C14H18N2O.2C2H6/c1-9(2)8-16-14(17)12-7-11-4-5-15-13(11)6-10(12)3;2*1-2/h4-7,9,15H,8H2,1-3H3,(H,16,17);2*1-2H3. The summed E-state index contributed by atoms with van der Waals surface area (Å²) in [5, 5.41) is 4.02. The molecule has 0 saturated carbocycles. The molecule has 0 aliphatic carbocycles. The summed E-state index contributed by atoms with van der Waals surface area (Å²) in [6.07, 6.45) is 1.89. The van der Waals surface area contributed by atoms with Crippen molar-refractivity contribution in [3.05, 3.63) is 35.5 Å². The molecule has 1 heterocycles. The molecule has 1 amide bonds. The maximum absolute atomic E-state index is 12.0. The van der Waals surface area contributed by atoms with Gasteiger partial charge in [0.25, 0.3) is 5.91 Å². The number of rotatable bonds is 3. The second-order valence-electron chi connectivity index (χ2n) is 4.84. The quantitative estimate of drug-likeness (QED) is 0.828. The van der Waals surface area contributed by atoms with E-state index in [1.807, 2.05) is 59.0 Å². The summed E-state index contributed by atoms with van der Waals surface area (Å²) in [6, 6.07) is 5.93. The number of amides is 1. The Bertz CT molecular complexity index is 541. The van der Waals surface area contributed by atoms with E-state index in [0.717, 1.165) is 22.0 Å². The highest BCUT2D eigenvalue weighted by atomic mass is 16.1. The molecule has 2 aromatic rings. The molecule has 0 atom stereocenters. The van der Waals surface area contributed by atoms with Crippen molar-refractivity contribution < 1.29 is 4.79 Å². The van der Waals surface area contributed by atoms with Gasteiger partial charge < -0.3 is 10.3 Å². The number of aromatic amines is 1. The van der Waals surface area contributed by atoms with Gasteiger partial charge in [-0.2, -0.15) is 0 Å². The molecule has 3 heteroatoms. The van der Waals surface area contributed by atoms with Crippen molar-refractivity contribution in [2.75, 3.05) is 6.54 Å². The lowest BCUT2D eigenvalue weighted by Crippen LogP contribution is -2.27. The molecule has 0 fully saturated rings. The van der Waals surface area contributed by atoms with Crippen LogP contribution in [0.1, 0.15) is 57.5 Å². The highest BCUT2D eigenvalue weighted by molar-refractivity contribution is 5.99. The summed E-state index contributed by atoms with van der Waals surface area (Å²) in [7, 11) is 0. The van der Waals surface area contributed by atoms with Crippen LogP contribution in [-0.2, 0) is 0 Å². The Hall–Kier alpha value is -1.77. The van der Waals surface area contributed by atoms with Gasteiger partial charge in [0.2, 0.25) is 0 Å². The third-order valence-corrected chi connectivity index (χ3v) is 2.81. The molecule has 0 aliphatic heterocycles. The second kappa shape index (κ2) is 10.0. The number of carbonyl (C=O) groups is 1. The maximum atomic E-state index is 12.0. The first-order valence-electron chi connectivity index (χ1n) is 7.94. The van der Waals surface area contributed by atoms with Crippen LogP contribution in [0.15, 0.2) is 24.4 Å². The van der Waals surface area contributed by atoms with Gasteiger partial charge in [0.05, 0.1) is 0 Å². The smallest absolute Gasteiger partial charge is 0.251 e. The van der Waals surface area contributed by atoms with E-state index in [1.165, 1.54) is 0 Å². The molecule has 2 rings (SSSR count).